The molecule has 1 aromatic rings. The Hall–Kier alpha value is -1.02. The predicted molar refractivity (Wildman–Crippen MR) is 53.4 cm³/mol. The molecule has 1 fully saturated rings. The van der Waals surface area contributed by atoms with Crippen molar-refractivity contribution in [2.45, 2.75) is 30.7 Å². The molecule has 2 aliphatic rings. The van der Waals surface area contributed by atoms with Crippen molar-refractivity contribution < 1.29 is 0 Å². The first kappa shape index (κ1) is 7.39. The monoisotopic (exact) mass is 174 g/mol. The van der Waals surface area contributed by atoms with E-state index in [1.165, 1.54) is 24.0 Å². The van der Waals surface area contributed by atoms with E-state index < -0.39 is 0 Å². The van der Waals surface area contributed by atoms with E-state index >= 15 is 0 Å². The van der Waals surface area contributed by atoms with E-state index in [1.54, 1.807) is 0 Å². The second-order valence-electron chi connectivity index (χ2n) is 4.34. The molecular weight excluding hydrogens is 160 g/mol. The summed E-state index contributed by atoms with van der Waals surface area (Å²) in [5.41, 5.74) is 16.1. The lowest BCUT2D eigenvalue weighted by molar-refractivity contribution is 0.563. The Morgan fingerprint density at radius 3 is 2.77 bits per heavy atom. The van der Waals surface area contributed by atoms with Crippen molar-refractivity contribution in [1.82, 2.24) is 0 Å². The van der Waals surface area contributed by atoms with Crippen LogP contribution >= 0.6 is 0 Å². The summed E-state index contributed by atoms with van der Waals surface area (Å²) in [6.07, 6.45) is 3.48. The van der Waals surface area contributed by atoms with E-state index in [9.17, 15) is 0 Å². The third-order valence-electron chi connectivity index (χ3n) is 3.67. The Balaban J connectivity index is 2.22. The number of nitrogens with two attached hydrogens (primary N) is 2. The maximum absolute atomic E-state index is 6.14. The normalized spacial score (nSPS) is 27.6. The van der Waals surface area contributed by atoms with Gasteiger partial charge in [-0.1, -0.05) is 12.1 Å². The summed E-state index contributed by atoms with van der Waals surface area (Å²) >= 11 is 0. The molecule has 13 heavy (non-hydrogen) atoms. The zero-order valence-corrected chi connectivity index (χ0v) is 7.59. The van der Waals surface area contributed by atoms with E-state index in [-0.39, 0.29) is 0 Å². The predicted octanol–water partition coefficient (Wildman–Crippen LogP) is 1.18. The molecule has 1 spiro atoms. The van der Waals surface area contributed by atoms with Crippen LogP contribution in [-0.4, -0.2) is 6.04 Å². The molecular formula is C11H14N2. The van der Waals surface area contributed by atoms with Gasteiger partial charge in [-0.05, 0) is 36.5 Å². The van der Waals surface area contributed by atoms with Crippen LogP contribution in [0.3, 0.4) is 0 Å². The molecule has 0 amide bonds. The summed E-state index contributed by atoms with van der Waals surface area (Å²) < 4.78 is 0. The first-order valence-corrected chi connectivity index (χ1v) is 4.87. The van der Waals surface area contributed by atoms with Gasteiger partial charge in [-0.15, -0.1) is 0 Å². The van der Waals surface area contributed by atoms with Crippen molar-refractivity contribution in [2.75, 3.05) is 5.73 Å². The second kappa shape index (κ2) is 2.07. The van der Waals surface area contributed by atoms with E-state index in [2.05, 4.69) is 6.07 Å². The Kier molecular flexibility index (Phi) is 1.18. The van der Waals surface area contributed by atoms with Crippen LogP contribution in [0, 0.1) is 0 Å². The minimum absolute atomic E-state index is 0.312. The Morgan fingerprint density at radius 1 is 1.31 bits per heavy atom. The van der Waals surface area contributed by atoms with Crippen LogP contribution in [0.5, 0.6) is 0 Å². The third kappa shape index (κ3) is 0.767. The molecule has 0 aromatic heterocycles. The highest BCUT2D eigenvalue weighted by Crippen LogP contribution is 2.56. The minimum Gasteiger partial charge on any atom is -0.398 e. The van der Waals surface area contributed by atoms with Crippen LogP contribution in [0.4, 0.5) is 5.69 Å². The van der Waals surface area contributed by atoms with Gasteiger partial charge in [0.05, 0.1) is 0 Å². The molecule has 1 atom stereocenters. The van der Waals surface area contributed by atoms with Gasteiger partial charge in [-0.25, -0.2) is 0 Å². The summed E-state index contributed by atoms with van der Waals surface area (Å²) in [7, 11) is 0. The third-order valence-corrected chi connectivity index (χ3v) is 3.67. The lowest BCUT2D eigenvalue weighted by atomic mass is 9.95. The van der Waals surface area contributed by atoms with Gasteiger partial charge in [0.2, 0.25) is 0 Å². The molecule has 4 N–H and O–H groups in total. The number of fused-ring (bicyclic) bond motifs is 2. The van der Waals surface area contributed by atoms with E-state index in [0.717, 1.165) is 12.1 Å². The van der Waals surface area contributed by atoms with Crippen molar-refractivity contribution >= 4 is 5.69 Å². The number of nitrogen functional groups attached to an aromatic ring is 1. The second-order valence-corrected chi connectivity index (χ2v) is 4.34. The summed E-state index contributed by atoms with van der Waals surface area (Å²) in [6.45, 7) is 0. The molecule has 0 saturated heterocycles. The van der Waals surface area contributed by atoms with Crippen molar-refractivity contribution in [2.24, 2.45) is 5.73 Å². The molecule has 1 saturated carbocycles. The standard InChI is InChI=1S/C11H14N2/c12-9-3-1-2-8-7(9)6-10(13)11(8)4-5-11/h1-3,10H,4-6,12-13H2. The quantitative estimate of drug-likeness (QED) is 0.580. The van der Waals surface area contributed by atoms with Crippen LogP contribution < -0.4 is 11.5 Å². The minimum atomic E-state index is 0.312. The molecule has 0 radical (unpaired) electrons. The van der Waals surface area contributed by atoms with Crippen molar-refractivity contribution in [3.63, 3.8) is 0 Å². The fraction of sp³-hybridized carbons (Fsp3) is 0.455. The van der Waals surface area contributed by atoms with Crippen LogP contribution in [-0.2, 0) is 11.8 Å². The highest BCUT2D eigenvalue weighted by Gasteiger charge is 2.54. The topological polar surface area (TPSA) is 52.0 Å². The Labute approximate surface area is 77.9 Å². The summed E-state index contributed by atoms with van der Waals surface area (Å²) in [6, 6.07) is 6.54. The zero-order chi connectivity index (χ0) is 9.05. The molecule has 68 valence electrons. The fourth-order valence-corrected chi connectivity index (χ4v) is 2.69. The molecule has 3 rings (SSSR count). The largest absolute Gasteiger partial charge is 0.398 e. The van der Waals surface area contributed by atoms with Gasteiger partial charge in [-0.3, -0.25) is 0 Å². The number of hydrogen-bond acceptors (Lipinski definition) is 2. The first-order valence-electron chi connectivity index (χ1n) is 4.87. The van der Waals surface area contributed by atoms with E-state index in [0.29, 0.717) is 11.5 Å². The highest BCUT2D eigenvalue weighted by molar-refractivity contribution is 5.59. The lowest BCUT2D eigenvalue weighted by Crippen LogP contribution is -2.30. The van der Waals surface area contributed by atoms with Crippen molar-refractivity contribution in [1.29, 1.82) is 0 Å². The number of anilines is 1. The average molecular weight is 174 g/mol. The molecule has 2 nitrogen and oxygen atoms in total. The van der Waals surface area contributed by atoms with E-state index in [1.807, 2.05) is 12.1 Å². The van der Waals surface area contributed by atoms with E-state index in [4.69, 9.17) is 11.5 Å². The lowest BCUT2D eigenvalue weighted by Gasteiger charge is -2.13. The molecule has 0 aliphatic heterocycles. The van der Waals surface area contributed by atoms with Gasteiger partial charge in [0.1, 0.15) is 0 Å². The molecule has 1 aromatic carbocycles. The van der Waals surface area contributed by atoms with Gasteiger partial charge in [0.25, 0.3) is 0 Å². The van der Waals surface area contributed by atoms with Gasteiger partial charge >= 0.3 is 0 Å². The number of rotatable bonds is 0. The van der Waals surface area contributed by atoms with Crippen molar-refractivity contribution in [3.8, 4) is 0 Å². The molecule has 2 aliphatic carbocycles. The number of benzene rings is 1. The molecule has 1 unspecified atom stereocenters. The van der Waals surface area contributed by atoms with Gasteiger partial charge in [-0.2, -0.15) is 0 Å². The van der Waals surface area contributed by atoms with Crippen LogP contribution in [0.2, 0.25) is 0 Å². The molecule has 0 heterocycles. The smallest absolute Gasteiger partial charge is 0.0350 e. The summed E-state index contributed by atoms with van der Waals surface area (Å²) in [5, 5.41) is 0. The van der Waals surface area contributed by atoms with Crippen LogP contribution in [0.1, 0.15) is 24.0 Å². The Morgan fingerprint density at radius 2 is 2.08 bits per heavy atom. The number of hydrogen-bond donors (Lipinski definition) is 2. The van der Waals surface area contributed by atoms with Crippen LogP contribution in [0.15, 0.2) is 18.2 Å². The zero-order valence-electron chi connectivity index (χ0n) is 7.59. The van der Waals surface area contributed by atoms with Crippen molar-refractivity contribution in [3.05, 3.63) is 29.3 Å². The first-order chi connectivity index (χ1) is 6.24. The molecule has 0 bridgehead atoms. The fourth-order valence-electron chi connectivity index (χ4n) is 2.69. The maximum Gasteiger partial charge on any atom is 0.0350 e. The van der Waals surface area contributed by atoms with Gasteiger partial charge in [0, 0.05) is 17.1 Å². The average Bonchev–Trinajstić information content (AvgIpc) is 2.83. The summed E-state index contributed by atoms with van der Waals surface area (Å²) in [5.74, 6) is 0. The van der Waals surface area contributed by atoms with Crippen LogP contribution in [0.25, 0.3) is 0 Å². The highest BCUT2D eigenvalue weighted by atomic mass is 14.8. The maximum atomic E-state index is 6.14. The Bertz CT molecular complexity index is 366. The van der Waals surface area contributed by atoms with Gasteiger partial charge in [0.15, 0.2) is 0 Å². The molecule has 2 heteroatoms. The van der Waals surface area contributed by atoms with Gasteiger partial charge < -0.3 is 11.5 Å². The SMILES string of the molecule is Nc1cccc2c1CC(N)C21CC1. The summed E-state index contributed by atoms with van der Waals surface area (Å²) in [4.78, 5) is 0.